The number of amides is 1. The van der Waals surface area contributed by atoms with Crippen LogP contribution in [0.1, 0.15) is 33.3 Å². The van der Waals surface area contributed by atoms with Gasteiger partial charge in [-0.05, 0) is 19.1 Å². The number of hydrogen-bond donors (Lipinski definition) is 2. The number of benzene rings is 1. The van der Waals surface area contributed by atoms with Crippen molar-refractivity contribution in [1.82, 2.24) is 10.3 Å². The molecule has 5 heteroatoms. The van der Waals surface area contributed by atoms with Crippen LogP contribution in [-0.2, 0) is 11.2 Å². The Bertz CT molecular complexity index is 673. The summed E-state index contributed by atoms with van der Waals surface area (Å²) in [5.74, 6) is -0.405. The van der Waals surface area contributed by atoms with E-state index in [9.17, 15) is 9.59 Å². The molecule has 1 aromatic carbocycles. The lowest BCUT2D eigenvalue weighted by atomic mass is 10.0. The first kappa shape index (κ1) is 11.8. The van der Waals surface area contributed by atoms with Crippen LogP contribution in [0, 0.1) is 0 Å². The Morgan fingerprint density at radius 2 is 2.26 bits per heavy atom. The first-order valence-corrected chi connectivity index (χ1v) is 6.30. The molecule has 1 aliphatic rings. The third-order valence-electron chi connectivity index (χ3n) is 3.27. The molecule has 0 atom stereocenters. The van der Waals surface area contributed by atoms with E-state index < -0.39 is 0 Å². The van der Waals surface area contributed by atoms with E-state index in [1.54, 1.807) is 25.1 Å². The van der Waals surface area contributed by atoms with E-state index in [1.165, 1.54) is 0 Å². The van der Waals surface area contributed by atoms with Gasteiger partial charge in [0.1, 0.15) is 0 Å². The number of fused-ring (bicyclic) bond motifs is 3. The molecule has 19 heavy (non-hydrogen) atoms. The molecule has 5 nitrogen and oxygen atoms in total. The maximum atomic E-state index is 11.9. The zero-order valence-electron chi connectivity index (χ0n) is 10.6. The van der Waals surface area contributed by atoms with E-state index in [0.29, 0.717) is 24.3 Å². The van der Waals surface area contributed by atoms with Crippen LogP contribution in [0.4, 0.5) is 0 Å². The van der Waals surface area contributed by atoms with Gasteiger partial charge in [0, 0.05) is 29.6 Å². The fourth-order valence-electron chi connectivity index (χ4n) is 2.43. The Hall–Kier alpha value is -2.30. The van der Waals surface area contributed by atoms with Gasteiger partial charge in [0.2, 0.25) is 0 Å². The van der Waals surface area contributed by atoms with Crippen molar-refractivity contribution in [2.24, 2.45) is 0 Å². The van der Waals surface area contributed by atoms with Gasteiger partial charge < -0.3 is 15.0 Å². The van der Waals surface area contributed by atoms with Crippen LogP contribution in [0.2, 0.25) is 0 Å². The van der Waals surface area contributed by atoms with Gasteiger partial charge in [-0.2, -0.15) is 0 Å². The highest BCUT2D eigenvalue weighted by molar-refractivity contribution is 6.09. The van der Waals surface area contributed by atoms with Crippen LogP contribution in [0.5, 0.6) is 0 Å². The Morgan fingerprint density at radius 3 is 3.05 bits per heavy atom. The van der Waals surface area contributed by atoms with Crippen LogP contribution in [0.3, 0.4) is 0 Å². The molecule has 0 unspecified atom stereocenters. The molecule has 1 amide bonds. The molecule has 0 aliphatic carbocycles. The van der Waals surface area contributed by atoms with Crippen LogP contribution in [-0.4, -0.2) is 30.0 Å². The molecule has 0 radical (unpaired) electrons. The van der Waals surface area contributed by atoms with Crippen molar-refractivity contribution in [1.29, 1.82) is 0 Å². The minimum absolute atomic E-state index is 0.0589. The Balaban J connectivity index is 2.10. The average Bonchev–Trinajstić information content (AvgIpc) is 2.77. The second kappa shape index (κ2) is 4.42. The van der Waals surface area contributed by atoms with Crippen molar-refractivity contribution in [3.63, 3.8) is 0 Å². The first-order chi connectivity index (χ1) is 9.20. The van der Waals surface area contributed by atoms with E-state index in [-0.39, 0.29) is 11.9 Å². The molecule has 2 N–H and O–H groups in total. The zero-order chi connectivity index (χ0) is 13.4. The summed E-state index contributed by atoms with van der Waals surface area (Å²) in [6, 6.07) is 5.22. The number of aromatic nitrogens is 1. The van der Waals surface area contributed by atoms with Gasteiger partial charge in [0.25, 0.3) is 5.91 Å². The fraction of sp³-hybridized carbons (Fsp3) is 0.286. The molecule has 1 aliphatic heterocycles. The second-order valence-electron chi connectivity index (χ2n) is 4.47. The number of aromatic amines is 1. The summed E-state index contributed by atoms with van der Waals surface area (Å²) >= 11 is 0. The third-order valence-corrected chi connectivity index (χ3v) is 3.27. The van der Waals surface area contributed by atoms with Crippen molar-refractivity contribution in [2.75, 3.05) is 13.2 Å². The van der Waals surface area contributed by atoms with Crippen molar-refractivity contribution < 1.29 is 14.3 Å². The fourth-order valence-corrected chi connectivity index (χ4v) is 2.43. The summed E-state index contributed by atoms with van der Waals surface area (Å²) in [7, 11) is 0. The maximum absolute atomic E-state index is 11.9. The van der Waals surface area contributed by atoms with Crippen LogP contribution < -0.4 is 5.32 Å². The molecular formula is C14H14N2O3. The van der Waals surface area contributed by atoms with E-state index in [0.717, 1.165) is 23.0 Å². The van der Waals surface area contributed by atoms with Gasteiger partial charge in [0.05, 0.1) is 17.7 Å². The summed E-state index contributed by atoms with van der Waals surface area (Å²) in [5, 5.41) is 3.67. The highest BCUT2D eigenvalue weighted by atomic mass is 16.5. The molecule has 0 saturated heterocycles. The van der Waals surface area contributed by atoms with Gasteiger partial charge in [-0.15, -0.1) is 0 Å². The molecule has 1 aromatic heterocycles. The van der Waals surface area contributed by atoms with Crippen LogP contribution >= 0.6 is 0 Å². The van der Waals surface area contributed by atoms with Crippen LogP contribution in [0.25, 0.3) is 10.9 Å². The van der Waals surface area contributed by atoms with E-state index in [4.69, 9.17) is 4.74 Å². The van der Waals surface area contributed by atoms with E-state index in [1.807, 2.05) is 0 Å². The summed E-state index contributed by atoms with van der Waals surface area (Å²) < 4.78 is 4.97. The standard InChI is InChI=1S/C14H14N2O3/c1-2-19-14(18)8-3-4-9-11(7-8)16-10-5-6-15-13(17)12(9)10/h3-4,7,16H,2,5-6H2,1H3,(H,15,17). The second-order valence-corrected chi connectivity index (χ2v) is 4.47. The largest absolute Gasteiger partial charge is 0.462 e. The molecule has 3 rings (SSSR count). The smallest absolute Gasteiger partial charge is 0.338 e. The van der Waals surface area contributed by atoms with Crippen molar-refractivity contribution in [3.05, 3.63) is 35.0 Å². The van der Waals surface area contributed by atoms with Crippen molar-refractivity contribution in [3.8, 4) is 0 Å². The average molecular weight is 258 g/mol. The lowest BCUT2D eigenvalue weighted by molar-refractivity contribution is 0.0526. The number of hydrogen-bond acceptors (Lipinski definition) is 3. The molecule has 0 fully saturated rings. The van der Waals surface area contributed by atoms with Crippen LogP contribution in [0.15, 0.2) is 18.2 Å². The third kappa shape index (κ3) is 1.87. The zero-order valence-corrected chi connectivity index (χ0v) is 10.6. The summed E-state index contributed by atoms with van der Waals surface area (Å²) in [6.07, 6.45) is 0.782. The number of H-pyrrole nitrogens is 1. The highest BCUT2D eigenvalue weighted by Gasteiger charge is 2.22. The molecule has 2 heterocycles. The number of rotatable bonds is 2. The Labute approximate surface area is 109 Å². The van der Waals surface area contributed by atoms with Gasteiger partial charge in [-0.25, -0.2) is 4.79 Å². The monoisotopic (exact) mass is 258 g/mol. The summed E-state index contributed by atoms with van der Waals surface area (Å²) in [4.78, 5) is 26.8. The Morgan fingerprint density at radius 1 is 1.42 bits per heavy atom. The molecule has 0 saturated carbocycles. The normalized spacial score (nSPS) is 14.1. The predicted molar refractivity (Wildman–Crippen MR) is 70.3 cm³/mol. The minimum atomic E-state index is -0.346. The molecule has 0 spiro atoms. The number of carbonyl (C=O) groups is 2. The molecule has 98 valence electrons. The quantitative estimate of drug-likeness (QED) is 0.804. The maximum Gasteiger partial charge on any atom is 0.338 e. The van der Waals surface area contributed by atoms with Gasteiger partial charge in [-0.1, -0.05) is 6.07 Å². The predicted octanol–water partition coefficient (Wildman–Crippen LogP) is 1.63. The number of esters is 1. The van der Waals surface area contributed by atoms with E-state index in [2.05, 4.69) is 10.3 Å². The molecule has 0 bridgehead atoms. The van der Waals surface area contributed by atoms with Crippen molar-refractivity contribution >= 4 is 22.8 Å². The summed E-state index contributed by atoms with van der Waals surface area (Å²) in [5.41, 5.74) is 2.91. The van der Waals surface area contributed by atoms with Crippen molar-refractivity contribution in [2.45, 2.75) is 13.3 Å². The summed E-state index contributed by atoms with van der Waals surface area (Å²) in [6.45, 7) is 2.76. The molecule has 2 aromatic rings. The highest BCUT2D eigenvalue weighted by Crippen LogP contribution is 2.26. The Kier molecular flexibility index (Phi) is 2.74. The number of nitrogens with one attached hydrogen (secondary N) is 2. The molecular weight excluding hydrogens is 244 g/mol. The lowest BCUT2D eigenvalue weighted by Gasteiger charge is -2.11. The van der Waals surface area contributed by atoms with Gasteiger partial charge in [0.15, 0.2) is 0 Å². The first-order valence-electron chi connectivity index (χ1n) is 6.30. The van der Waals surface area contributed by atoms with Gasteiger partial charge in [-0.3, -0.25) is 4.79 Å². The van der Waals surface area contributed by atoms with Gasteiger partial charge >= 0.3 is 5.97 Å². The van der Waals surface area contributed by atoms with E-state index >= 15 is 0 Å². The number of ether oxygens (including phenoxy) is 1. The number of carbonyl (C=O) groups excluding carboxylic acids is 2. The lowest BCUT2D eigenvalue weighted by Crippen LogP contribution is -2.31. The SMILES string of the molecule is CCOC(=O)c1ccc2c3c([nH]c2c1)CCNC3=O. The topological polar surface area (TPSA) is 71.2 Å². The minimum Gasteiger partial charge on any atom is -0.462 e.